The number of nitrogens with zero attached hydrogens (tertiary/aromatic N) is 1. The summed E-state index contributed by atoms with van der Waals surface area (Å²) < 4.78 is 21.9. The van der Waals surface area contributed by atoms with Gasteiger partial charge < -0.3 is 28.6 Å². The molecule has 2 aromatic carbocycles. The smallest absolute Gasteiger partial charge is 0.290 e. The average molecular weight is 451 g/mol. The second-order valence-electron chi connectivity index (χ2n) is 7.48. The number of benzene rings is 2. The van der Waals surface area contributed by atoms with Crippen LogP contribution in [-0.2, 0) is 9.53 Å². The summed E-state index contributed by atoms with van der Waals surface area (Å²) in [4.78, 5) is 28.0. The molecule has 1 N–H and O–H groups in total. The van der Waals surface area contributed by atoms with Gasteiger partial charge in [-0.1, -0.05) is 24.3 Å². The van der Waals surface area contributed by atoms with E-state index in [-0.39, 0.29) is 24.5 Å². The Kier molecular flexibility index (Phi) is 6.37. The number of hydrogen-bond acceptors (Lipinski definition) is 7. The van der Waals surface area contributed by atoms with Crippen molar-refractivity contribution in [1.82, 2.24) is 4.90 Å². The number of aliphatic hydroxyl groups is 1. The highest BCUT2D eigenvalue weighted by Gasteiger charge is 2.44. The molecule has 172 valence electrons. The molecule has 0 bridgehead atoms. The van der Waals surface area contributed by atoms with E-state index in [9.17, 15) is 14.7 Å². The fraction of sp³-hybridized carbons (Fsp3) is 0.280. The second-order valence-corrected chi connectivity index (χ2v) is 7.48. The summed E-state index contributed by atoms with van der Waals surface area (Å²) in [5.41, 5.74) is 0.994. The normalized spacial score (nSPS) is 16.0. The first-order chi connectivity index (χ1) is 16.0. The van der Waals surface area contributed by atoms with Gasteiger partial charge in [0, 0.05) is 19.0 Å². The van der Waals surface area contributed by atoms with Gasteiger partial charge in [-0.3, -0.25) is 9.59 Å². The van der Waals surface area contributed by atoms with Gasteiger partial charge in [-0.25, -0.2) is 0 Å². The van der Waals surface area contributed by atoms with Gasteiger partial charge >= 0.3 is 0 Å². The summed E-state index contributed by atoms with van der Waals surface area (Å²) in [6.07, 6.45) is 0. The molecule has 8 heteroatoms. The Balaban J connectivity index is 1.81. The minimum Gasteiger partial charge on any atom is -0.503 e. The van der Waals surface area contributed by atoms with Gasteiger partial charge in [-0.15, -0.1) is 0 Å². The number of hydrogen-bond donors (Lipinski definition) is 1. The van der Waals surface area contributed by atoms with Gasteiger partial charge in [0.15, 0.2) is 22.9 Å². The van der Waals surface area contributed by atoms with E-state index in [1.54, 1.807) is 48.5 Å². The topological polar surface area (TPSA) is 98.4 Å². The van der Waals surface area contributed by atoms with Gasteiger partial charge in [-0.2, -0.15) is 0 Å². The number of rotatable bonds is 9. The van der Waals surface area contributed by atoms with E-state index in [0.717, 1.165) is 0 Å². The Morgan fingerprint density at radius 2 is 1.94 bits per heavy atom. The van der Waals surface area contributed by atoms with E-state index in [1.807, 2.05) is 6.92 Å². The number of ketones is 1. The molecule has 4 rings (SSSR count). The Hall–Kier alpha value is -3.78. The molecule has 1 unspecified atom stereocenters. The molecule has 0 aliphatic carbocycles. The van der Waals surface area contributed by atoms with E-state index in [1.165, 1.54) is 19.1 Å². The van der Waals surface area contributed by atoms with Gasteiger partial charge in [0.05, 0.1) is 31.9 Å². The van der Waals surface area contributed by atoms with Crippen LogP contribution in [0.25, 0.3) is 11.0 Å². The molecule has 0 radical (unpaired) electrons. The first-order valence-corrected chi connectivity index (χ1v) is 10.6. The third-order valence-corrected chi connectivity index (χ3v) is 5.52. The van der Waals surface area contributed by atoms with Crippen molar-refractivity contribution in [3.8, 4) is 11.5 Å². The summed E-state index contributed by atoms with van der Waals surface area (Å²) in [7, 11) is 3.03. The molecule has 0 spiro atoms. The second kappa shape index (κ2) is 9.38. The van der Waals surface area contributed by atoms with Gasteiger partial charge in [0.25, 0.3) is 5.91 Å². The molecule has 33 heavy (non-hydrogen) atoms. The summed E-state index contributed by atoms with van der Waals surface area (Å²) >= 11 is 0. The van der Waals surface area contributed by atoms with E-state index in [4.69, 9.17) is 18.6 Å². The first kappa shape index (κ1) is 22.4. The predicted octanol–water partition coefficient (Wildman–Crippen LogP) is 4.06. The summed E-state index contributed by atoms with van der Waals surface area (Å²) in [5, 5.41) is 11.4. The molecule has 0 fully saturated rings. The van der Waals surface area contributed by atoms with Crippen molar-refractivity contribution in [2.75, 3.05) is 34.0 Å². The number of fused-ring (bicyclic) bond motifs is 1. The quantitative estimate of drug-likeness (QED) is 0.490. The number of Topliss-reactive ketones (excluding diaryl/α,β-unsaturated/α-hetero) is 1. The summed E-state index contributed by atoms with van der Waals surface area (Å²) in [6.45, 7) is 2.76. The number of methoxy groups -OCH3 is 2. The Labute approximate surface area is 191 Å². The SMILES string of the molecule is CCOc1cccc(C2C(C(=O)c3cc4cccc(OC)c4o3)=C(O)C(=O)N2CCOC)c1. The molecule has 0 saturated carbocycles. The van der Waals surface area contributed by atoms with E-state index in [2.05, 4.69) is 0 Å². The lowest BCUT2D eigenvalue weighted by molar-refractivity contribution is -0.130. The van der Waals surface area contributed by atoms with Crippen LogP contribution in [0.5, 0.6) is 11.5 Å². The summed E-state index contributed by atoms with van der Waals surface area (Å²) in [6, 6.07) is 13.2. The maximum Gasteiger partial charge on any atom is 0.290 e. The number of ether oxygens (including phenoxy) is 3. The van der Waals surface area contributed by atoms with Gasteiger partial charge in [0.2, 0.25) is 5.78 Å². The zero-order chi connectivity index (χ0) is 23.5. The lowest BCUT2D eigenvalue weighted by Gasteiger charge is -2.26. The van der Waals surface area contributed by atoms with Crippen molar-refractivity contribution in [3.05, 3.63) is 71.2 Å². The highest BCUT2D eigenvalue weighted by molar-refractivity contribution is 6.16. The van der Waals surface area contributed by atoms with Crippen LogP contribution in [-0.4, -0.2) is 55.7 Å². The van der Waals surface area contributed by atoms with Crippen LogP contribution in [0.1, 0.15) is 29.1 Å². The van der Waals surface area contributed by atoms with Crippen molar-refractivity contribution < 1.29 is 33.3 Å². The molecule has 1 atom stereocenters. The molecule has 1 amide bonds. The fourth-order valence-corrected chi connectivity index (χ4v) is 4.04. The minimum atomic E-state index is -0.823. The number of aliphatic hydroxyl groups excluding tert-OH is 1. The molecule has 1 aliphatic rings. The van der Waals surface area contributed by atoms with Crippen LogP contribution in [0.3, 0.4) is 0 Å². The zero-order valence-corrected chi connectivity index (χ0v) is 18.7. The van der Waals surface area contributed by atoms with E-state index < -0.39 is 23.5 Å². The first-order valence-electron chi connectivity index (χ1n) is 10.6. The van der Waals surface area contributed by atoms with Crippen LogP contribution in [0, 0.1) is 0 Å². The van der Waals surface area contributed by atoms with Crippen LogP contribution in [0.2, 0.25) is 0 Å². The lowest BCUT2D eigenvalue weighted by atomic mass is 9.95. The van der Waals surface area contributed by atoms with Crippen molar-refractivity contribution >= 4 is 22.7 Å². The number of carbonyl (C=O) groups is 2. The molecule has 2 heterocycles. The Bertz CT molecular complexity index is 1230. The predicted molar refractivity (Wildman–Crippen MR) is 121 cm³/mol. The van der Waals surface area contributed by atoms with Crippen LogP contribution in [0.15, 0.2) is 64.3 Å². The minimum absolute atomic E-state index is 0.00315. The Morgan fingerprint density at radius 1 is 1.15 bits per heavy atom. The third kappa shape index (κ3) is 4.05. The third-order valence-electron chi connectivity index (χ3n) is 5.52. The van der Waals surface area contributed by atoms with Crippen molar-refractivity contribution in [2.24, 2.45) is 0 Å². The maximum atomic E-state index is 13.6. The van der Waals surface area contributed by atoms with Crippen LogP contribution >= 0.6 is 0 Å². The van der Waals surface area contributed by atoms with E-state index >= 15 is 0 Å². The van der Waals surface area contributed by atoms with Crippen LogP contribution in [0.4, 0.5) is 0 Å². The highest BCUT2D eigenvalue weighted by atomic mass is 16.5. The van der Waals surface area contributed by atoms with Crippen LogP contribution < -0.4 is 9.47 Å². The number of para-hydroxylation sites is 1. The maximum absolute atomic E-state index is 13.6. The van der Waals surface area contributed by atoms with Gasteiger partial charge in [-0.05, 0) is 36.8 Å². The molecule has 1 aliphatic heterocycles. The number of furan rings is 1. The molecule has 1 aromatic heterocycles. The highest BCUT2D eigenvalue weighted by Crippen LogP contribution is 2.40. The molecule has 8 nitrogen and oxygen atoms in total. The van der Waals surface area contributed by atoms with Gasteiger partial charge in [0.1, 0.15) is 5.75 Å². The lowest BCUT2D eigenvalue weighted by Crippen LogP contribution is -2.34. The molecular weight excluding hydrogens is 426 g/mol. The number of amides is 1. The fourth-order valence-electron chi connectivity index (χ4n) is 4.04. The van der Waals surface area contributed by atoms with Crippen molar-refractivity contribution in [3.63, 3.8) is 0 Å². The van der Waals surface area contributed by atoms with Crippen molar-refractivity contribution in [1.29, 1.82) is 0 Å². The van der Waals surface area contributed by atoms with Crippen molar-refractivity contribution in [2.45, 2.75) is 13.0 Å². The summed E-state index contributed by atoms with van der Waals surface area (Å²) in [5.74, 6) is -0.740. The van der Waals surface area contributed by atoms with E-state index in [0.29, 0.717) is 34.6 Å². The average Bonchev–Trinajstić information content (AvgIpc) is 3.37. The number of carbonyl (C=O) groups excluding carboxylic acids is 2. The Morgan fingerprint density at radius 3 is 2.67 bits per heavy atom. The molecule has 3 aromatic rings. The largest absolute Gasteiger partial charge is 0.503 e. The zero-order valence-electron chi connectivity index (χ0n) is 18.7. The molecular formula is C25H25NO7. The standard InChI is InChI=1S/C25H25NO7/c1-4-32-17-9-5-7-15(13-17)21-20(23(28)25(29)26(21)11-12-30-2)22(27)19-14-16-8-6-10-18(31-3)24(16)33-19/h5-10,13-14,21,28H,4,11-12H2,1-3H3. The monoisotopic (exact) mass is 451 g/mol. The molecule has 0 saturated heterocycles.